The van der Waals surface area contributed by atoms with Gasteiger partial charge in [-0.15, -0.1) is 0 Å². The lowest BCUT2D eigenvalue weighted by molar-refractivity contribution is 0.399. The zero-order chi connectivity index (χ0) is 25.5. The van der Waals surface area contributed by atoms with Gasteiger partial charge in [-0.3, -0.25) is 4.72 Å². The molecule has 2 aromatic heterocycles. The van der Waals surface area contributed by atoms with Gasteiger partial charge in [0.1, 0.15) is 11.4 Å². The summed E-state index contributed by atoms with van der Waals surface area (Å²) in [6.07, 6.45) is 4.08. The third-order valence-electron chi connectivity index (χ3n) is 5.28. The summed E-state index contributed by atoms with van der Waals surface area (Å²) < 4.78 is 65.6. The Hall–Kier alpha value is -2.84. The Kier molecular flexibility index (Phi) is 6.72. The molecule has 4 rings (SSSR count). The molecular weight excluding hydrogens is 605 g/mol. The molecule has 12 heteroatoms. The standard InChI is InChI=1S/C23H22IN3O6S2/c1-14-5-7-16(8-6-14)35(30,31)27-13-19(24)18-11-15(12-25-23(18)27)17-9-10-20(32-2)21(22(17)33-3)26-34(4,28)29/h5-13,26H,1-4H3. The van der Waals surface area contributed by atoms with Gasteiger partial charge in [-0.05, 0) is 59.8 Å². The van der Waals surface area contributed by atoms with Crippen LogP contribution in [0.1, 0.15) is 5.56 Å². The second-order valence-electron chi connectivity index (χ2n) is 7.78. The van der Waals surface area contributed by atoms with Crippen molar-refractivity contribution in [3.05, 3.63) is 64.0 Å². The highest BCUT2D eigenvalue weighted by Gasteiger charge is 2.24. The highest BCUT2D eigenvalue weighted by atomic mass is 127. The first-order chi connectivity index (χ1) is 16.5. The highest BCUT2D eigenvalue weighted by Crippen LogP contribution is 2.43. The van der Waals surface area contributed by atoms with Crippen molar-refractivity contribution in [3.8, 4) is 22.6 Å². The number of ether oxygens (including phenoxy) is 2. The number of pyridine rings is 1. The fraction of sp³-hybridized carbons (Fsp3) is 0.174. The van der Waals surface area contributed by atoms with E-state index in [0.717, 1.165) is 11.8 Å². The second-order valence-corrected chi connectivity index (χ2v) is 12.5. The van der Waals surface area contributed by atoms with Gasteiger partial charge >= 0.3 is 0 Å². The van der Waals surface area contributed by atoms with E-state index in [0.29, 0.717) is 20.1 Å². The number of anilines is 1. The topological polar surface area (TPSA) is 117 Å². The number of sulfonamides is 1. The Morgan fingerprint density at radius 2 is 1.69 bits per heavy atom. The van der Waals surface area contributed by atoms with Crippen LogP contribution >= 0.6 is 22.6 Å². The van der Waals surface area contributed by atoms with Gasteiger partial charge < -0.3 is 9.47 Å². The summed E-state index contributed by atoms with van der Waals surface area (Å²) in [5.41, 5.74) is 2.55. The van der Waals surface area contributed by atoms with Crippen molar-refractivity contribution in [1.82, 2.24) is 8.96 Å². The first-order valence-electron chi connectivity index (χ1n) is 10.2. The maximum atomic E-state index is 13.3. The van der Waals surface area contributed by atoms with Crippen LogP contribution in [0.15, 0.2) is 59.8 Å². The maximum Gasteiger partial charge on any atom is 0.269 e. The van der Waals surface area contributed by atoms with E-state index >= 15 is 0 Å². The number of halogens is 1. The van der Waals surface area contributed by atoms with E-state index in [1.54, 1.807) is 42.5 Å². The largest absolute Gasteiger partial charge is 0.494 e. The van der Waals surface area contributed by atoms with Crippen LogP contribution in [0.5, 0.6) is 11.5 Å². The smallest absolute Gasteiger partial charge is 0.269 e. The van der Waals surface area contributed by atoms with Gasteiger partial charge in [-0.25, -0.2) is 25.8 Å². The zero-order valence-corrected chi connectivity index (χ0v) is 23.0. The molecule has 0 amide bonds. The van der Waals surface area contributed by atoms with E-state index in [2.05, 4.69) is 32.3 Å². The van der Waals surface area contributed by atoms with Crippen molar-refractivity contribution in [3.63, 3.8) is 0 Å². The minimum Gasteiger partial charge on any atom is -0.494 e. The predicted molar refractivity (Wildman–Crippen MR) is 143 cm³/mol. The van der Waals surface area contributed by atoms with Crippen LogP contribution in [-0.2, 0) is 20.0 Å². The zero-order valence-electron chi connectivity index (χ0n) is 19.2. The average Bonchev–Trinajstić information content (AvgIpc) is 3.14. The Labute approximate surface area is 217 Å². The molecular formula is C23H22IN3O6S2. The average molecular weight is 627 g/mol. The summed E-state index contributed by atoms with van der Waals surface area (Å²) in [6, 6.07) is 11.8. The lowest BCUT2D eigenvalue weighted by atomic mass is 10.0. The van der Waals surface area contributed by atoms with Crippen molar-refractivity contribution < 1.29 is 26.3 Å². The third-order valence-corrected chi connectivity index (χ3v) is 8.38. The first-order valence-corrected chi connectivity index (χ1v) is 14.6. The van der Waals surface area contributed by atoms with Crippen molar-refractivity contribution in [2.45, 2.75) is 11.8 Å². The summed E-state index contributed by atoms with van der Waals surface area (Å²) in [4.78, 5) is 4.63. The number of rotatable bonds is 7. The van der Waals surface area contributed by atoms with Gasteiger partial charge in [0.2, 0.25) is 10.0 Å². The summed E-state index contributed by atoms with van der Waals surface area (Å²) in [5.74, 6) is 0.535. The van der Waals surface area contributed by atoms with Crippen LogP contribution in [0, 0.1) is 10.5 Å². The second kappa shape index (κ2) is 9.32. The SMILES string of the molecule is COc1ccc(-c2cnc3c(c2)c(I)cn3S(=O)(=O)c2ccc(C)cc2)c(OC)c1NS(C)(=O)=O. The van der Waals surface area contributed by atoms with Gasteiger partial charge in [-0.1, -0.05) is 17.7 Å². The summed E-state index contributed by atoms with van der Waals surface area (Å²) >= 11 is 2.07. The molecule has 0 aliphatic rings. The number of aromatic nitrogens is 2. The molecule has 0 aliphatic carbocycles. The fourth-order valence-corrected chi connectivity index (χ4v) is 6.41. The van der Waals surface area contributed by atoms with Crippen LogP contribution in [0.2, 0.25) is 0 Å². The number of benzene rings is 2. The minimum atomic E-state index is -3.86. The maximum absolute atomic E-state index is 13.3. The van der Waals surface area contributed by atoms with E-state index < -0.39 is 20.0 Å². The lowest BCUT2D eigenvalue weighted by Gasteiger charge is -2.17. The minimum absolute atomic E-state index is 0.157. The molecule has 0 spiro atoms. The molecule has 0 radical (unpaired) electrons. The number of methoxy groups -OCH3 is 2. The summed E-state index contributed by atoms with van der Waals surface area (Å²) in [5, 5.41) is 0.620. The first kappa shape index (κ1) is 25.3. The summed E-state index contributed by atoms with van der Waals surface area (Å²) in [6.45, 7) is 1.89. The molecule has 2 aromatic carbocycles. The van der Waals surface area contributed by atoms with Crippen LogP contribution in [-0.4, -0.2) is 46.3 Å². The molecule has 0 atom stereocenters. The number of hydrogen-bond acceptors (Lipinski definition) is 7. The molecule has 0 fully saturated rings. The van der Waals surface area contributed by atoms with Crippen molar-refractivity contribution in [1.29, 1.82) is 0 Å². The Bertz CT molecular complexity index is 1650. The highest BCUT2D eigenvalue weighted by molar-refractivity contribution is 14.1. The van der Waals surface area contributed by atoms with E-state index in [1.807, 2.05) is 6.92 Å². The van der Waals surface area contributed by atoms with Crippen molar-refractivity contribution in [2.24, 2.45) is 0 Å². The Morgan fingerprint density at radius 1 is 1.00 bits per heavy atom. The van der Waals surface area contributed by atoms with E-state index in [4.69, 9.17) is 9.47 Å². The van der Waals surface area contributed by atoms with Gasteiger partial charge in [-0.2, -0.15) is 0 Å². The van der Waals surface area contributed by atoms with Crippen LogP contribution in [0.4, 0.5) is 5.69 Å². The molecule has 0 bridgehead atoms. The van der Waals surface area contributed by atoms with Crippen LogP contribution in [0.3, 0.4) is 0 Å². The van der Waals surface area contributed by atoms with Gasteiger partial charge in [0.15, 0.2) is 11.4 Å². The molecule has 0 saturated heterocycles. The monoisotopic (exact) mass is 627 g/mol. The molecule has 1 N–H and O–H groups in total. The number of hydrogen-bond donors (Lipinski definition) is 1. The third kappa shape index (κ3) is 4.82. The Morgan fingerprint density at radius 3 is 2.29 bits per heavy atom. The molecule has 9 nitrogen and oxygen atoms in total. The predicted octanol–water partition coefficient (Wildman–Crippen LogP) is 4.24. The molecule has 184 valence electrons. The summed E-state index contributed by atoms with van der Waals surface area (Å²) in [7, 11) is -4.63. The van der Waals surface area contributed by atoms with Crippen LogP contribution < -0.4 is 14.2 Å². The lowest BCUT2D eigenvalue weighted by Crippen LogP contribution is -2.12. The van der Waals surface area contributed by atoms with Crippen molar-refractivity contribution in [2.75, 3.05) is 25.2 Å². The van der Waals surface area contributed by atoms with Gasteiger partial charge in [0.05, 0.1) is 25.4 Å². The number of aryl methyl sites for hydroxylation is 1. The van der Waals surface area contributed by atoms with E-state index in [-0.39, 0.29) is 27.7 Å². The molecule has 0 unspecified atom stereocenters. The normalized spacial score (nSPS) is 12.0. The van der Waals surface area contributed by atoms with Crippen molar-refractivity contribution >= 4 is 59.4 Å². The quantitative estimate of drug-likeness (QED) is 0.305. The van der Waals surface area contributed by atoms with Gasteiger partial charge in [0, 0.05) is 32.5 Å². The van der Waals surface area contributed by atoms with E-state index in [9.17, 15) is 16.8 Å². The number of nitrogens with zero attached hydrogens (tertiary/aromatic N) is 2. The molecule has 0 saturated carbocycles. The Balaban J connectivity index is 1.89. The number of fused-ring (bicyclic) bond motifs is 1. The fourth-order valence-electron chi connectivity index (χ4n) is 3.65. The molecule has 35 heavy (non-hydrogen) atoms. The molecule has 4 aromatic rings. The molecule has 2 heterocycles. The van der Waals surface area contributed by atoms with Gasteiger partial charge in [0.25, 0.3) is 10.0 Å². The van der Waals surface area contributed by atoms with Crippen LogP contribution in [0.25, 0.3) is 22.2 Å². The van der Waals surface area contributed by atoms with E-state index in [1.165, 1.54) is 30.6 Å². The number of nitrogens with one attached hydrogen (secondary N) is 1. The molecule has 0 aliphatic heterocycles.